The Kier molecular flexibility index (Phi) is 3.04. The molecule has 1 amide bonds. The van der Waals surface area contributed by atoms with Crippen LogP contribution in [-0.2, 0) is 6.54 Å². The van der Waals surface area contributed by atoms with Gasteiger partial charge in [-0.15, -0.1) is 0 Å². The summed E-state index contributed by atoms with van der Waals surface area (Å²) in [5.41, 5.74) is -0.106. The molecule has 0 saturated carbocycles. The minimum Gasteiger partial charge on any atom is -0.444 e. The van der Waals surface area contributed by atoms with Crippen LogP contribution in [0, 0.1) is 6.92 Å². The number of nitrogens with one attached hydrogen (secondary N) is 2. The average Bonchev–Trinajstić information content (AvgIpc) is 2.72. The molecule has 0 spiro atoms. The van der Waals surface area contributed by atoms with Crippen LogP contribution >= 0.6 is 0 Å². The summed E-state index contributed by atoms with van der Waals surface area (Å²) >= 11 is 0. The van der Waals surface area contributed by atoms with E-state index in [1.54, 1.807) is 13.1 Å². The van der Waals surface area contributed by atoms with Crippen molar-refractivity contribution < 1.29 is 9.21 Å². The van der Waals surface area contributed by atoms with Crippen LogP contribution in [0.1, 0.15) is 22.1 Å². The number of hydrogen-bond donors (Lipinski definition) is 2. The number of amides is 1. The van der Waals surface area contributed by atoms with Crippen LogP contribution in [0.3, 0.4) is 0 Å². The molecule has 0 atom stereocenters. The Morgan fingerprint density at radius 1 is 1.53 bits per heavy atom. The second-order valence-corrected chi connectivity index (χ2v) is 3.48. The van der Waals surface area contributed by atoms with Gasteiger partial charge >= 0.3 is 0 Å². The van der Waals surface area contributed by atoms with Crippen LogP contribution < -0.4 is 10.9 Å². The first-order valence-electron chi connectivity index (χ1n) is 5.04. The smallest absolute Gasteiger partial charge is 0.268 e. The van der Waals surface area contributed by atoms with Crippen LogP contribution in [0.4, 0.5) is 0 Å². The number of nitrogens with zero attached hydrogens (tertiary/aromatic N) is 1. The Bertz CT molecular complexity index is 585. The third-order valence-corrected chi connectivity index (χ3v) is 2.08. The lowest BCUT2D eigenvalue weighted by Crippen LogP contribution is -2.25. The van der Waals surface area contributed by atoms with Crippen molar-refractivity contribution in [3.05, 3.63) is 52.1 Å². The largest absolute Gasteiger partial charge is 0.444 e. The van der Waals surface area contributed by atoms with Crippen molar-refractivity contribution in [1.82, 2.24) is 15.3 Å². The summed E-state index contributed by atoms with van der Waals surface area (Å²) in [6.45, 7) is 1.95. The summed E-state index contributed by atoms with van der Waals surface area (Å²) in [4.78, 5) is 29.0. The Morgan fingerprint density at radius 2 is 2.35 bits per heavy atom. The van der Waals surface area contributed by atoms with Crippen molar-refractivity contribution in [1.29, 1.82) is 0 Å². The summed E-state index contributed by atoms with van der Waals surface area (Å²) in [5, 5.41) is 2.59. The second-order valence-electron chi connectivity index (χ2n) is 3.48. The fourth-order valence-electron chi connectivity index (χ4n) is 1.31. The molecule has 0 aliphatic heterocycles. The number of oxazole rings is 1. The summed E-state index contributed by atoms with van der Waals surface area (Å²) in [6, 6.07) is 4.38. The number of pyridine rings is 1. The monoisotopic (exact) mass is 233 g/mol. The molecule has 0 radical (unpaired) electrons. The Labute approximate surface area is 96.7 Å². The van der Waals surface area contributed by atoms with Crippen molar-refractivity contribution in [2.45, 2.75) is 13.5 Å². The highest BCUT2D eigenvalue weighted by Crippen LogP contribution is 2.01. The number of aryl methyl sites for hydroxylation is 1. The van der Waals surface area contributed by atoms with Gasteiger partial charge in [-0.3, -0.25) is 9.59 Å². The second kappa shape index (κ2) is 4.65. The van der Waals surface area contributed by atoms with E-state index in [4.69, 9.17) is 4.42 Å². The van der Waals surface area contributed by atoms with E-state index in [2.05, 4.69) is 15.3 Å². The summed E-state index contributed by atoms with van der Waals surface area (Å²) in [6.07, 6.45) is 1.58. The maximum Gasteiger partial charge on any atom is 0.268 e. The van der Waals surface area contributed by atoms with Crippen molar-refractivity contribution in [2.24, 2.45) is 0 Å². The lowest BCUT2D eigenvalue weighted by Gasteiger charge is -2.01. The molecule has 17 heavy (non-hydrogen) atoms. The van der Waals surface area contributed by atoms with E-state index in [1.807, 2.05) is 0 Å². The first-order chi connectivity index (χ1) is 8.15. The van der Waals surface area contributed by atoms with Gasteiger partial charge in [0.15, 0.2) is 0 Å². The van der Waals surface area contributed by atoms with E-state index in [9.17, 15) is 9.59 Å². The zero-order chi connectivity index (χ0) is 12.3. The molecule has 6 nitrogen and oxygen atoms in total. The van der Waals surface area contributed by atoms with Gasteiger partial charge in [0.1, 0.15) is 11.5 Å². The number of aromatic amines is 1. The van der Waals surface area contributed by atoms with E-state index in [-0.39, 0.29) is 23.7 Å². The van der Waals surface area contributed by atoms with Gasteiger partial charge in [-0.25, -0.2) is 4.98 Å². The molecule has 0 fully saturated rings. The molecule has 2 aromatic heterocycles. The number of H-pyrrole nitrogens is 1. The summed E-state index contributed by atoms with van der Waals surface area (Å²) < 4.78 is 5.20. The quantitative estimate of drug-likeness (QED) is 0.812. The summed E-state index contributed by atoms with van der Waals surface area (Å²) in [5.74, 6) is 0.732. The number of carbonyl (C=O) groups is 1. The van der Waals surface area contributed by atoms with E-state index in [0.29, 0.717) is 11.7 Å². The SMILES string of the molecule is Cc1cnc(CNC(=O)c2cccc(=O)[nH]2)o1. The number of aromatic nitrogens is 2. The number of hydrogen-bond acceptors (Lipinski definition) is 4. The Morgan fingerprint density at radius 3 is 3.00 bits per heavy atom. The highest BCUT2D eigenvalue weighted by Gasteiger charge is 2.07. The fraction of sp³-hybridized carbons (Fsp3) is 0.182. The van der Waals surface area contributed by atoms with Crippen molar-refractivity contribution in [3.8, 4) is 0 Å². The van der Waals surface area contributed by atoms with Crippen molar-refractivity contribution >= 4 is 5.91 Å². The van der Waals surface area contributed by atoms with Crippen LogP contribution in [0.25, 0.3) is 0 Å². The van der Waals surface area contributed by atoms with Gasteiger partial charge < -0.3 is 14.7 Å². The van der Waals surface area contributed by atoms with E-state index in [1.165, 1.54) is 18.2 Å². The average molecular weight is 233 g/mol. The van der Waals surface area contributed by atoms with Crippen molar-refractivity contribution in [2.75, 3.05) is 0 Å². The number of rotatable bonds is 3. The van der Waals surface area contributed by atoms with Crippen LogP contribution in [0.15, 0.2) is 33.6 Å². The third-order valence-electron chi connectivity index (χ3n) is 2.08. The molecule has 2 aromatic rings. The molecule has 0 unspecified atom stereocenters. The van der Waals surface area contributed by atoms with Gasteiger partial charge in [0.25, 0.3) is 5.91 Å². The molecular weight excluding hydrogens is 222 g/mol. The standard InChI is InChI=1S/C11H11N3O3/c1-7-5-12-10(17-7)6-13-11(16)8-3-2-4-9(15)14-8/h2-5H,6H2,1H3,(H,13,16)(H,14,15). The van der Waals surface area contributed by atoms with Crippen molar-refractivity contribution in [3.63, 3.8) is 0 Å². The lowest BCUT2D eigenvalue weighted by atomic mass is 10.3. The molecular formula is C11H11N3O3. The Hall–Kier alpha value is -2.37. The van der Waals surface area contributed by atoms with E-state index in [0.717, 1.165) is 0 Å². The molecule has 0 aliphatic carbocycles. The molecule has 0 bridgehead atoms. The highest BCUT2D eigenvalue weighted by atomic mass is 16.4. The molecule has 2 heterocycles. The van der Waals surface area contributed by atoms with Gasteiger partial charge in [-0.05, 0) is 13.0 Å². The number of carbonyl (C=O) groups excluding carboxylic acids is 1. The minimum atomic E-state index is -0.376. The van der Waals surface area contributed by atoms with Gasteiger partial charge in [-0.1, -0.05) is 6.07 Å². The molecule has 0 saturated heterocycles. The van der Waals surface area contributed by atoms with Crippen LogP contribution in [0.5, 0.6) is 0 Å². The van der Waals surface area contributed by atoms with E-state index >= 15 is 0 Å². The first-order valence-corrected chi connectivity index (χ1v) is 5.04. The molecule has 6 heteroatoms. The Balaban J connectivity index is 2.00. The molecule has 0 aromatic carbocycles. The third kappa shape index (κ3) is 2.81. The van der Waals surface area contributed by atoms with Gasteiger partial charge in [0.05, 0.1) is 12.7 Å². The maximum atomic E-state index is 11.6. The van der Waals surface area contributed by atoms with E-state index < -0.39 is 0 Å². The first kappa shape index (κ1) is 11.1. The van der Waals surface area contributed by atoms with Crippen LogP contribution in [-0.4, -0.2) is 15.9 Å². The summed E-state index contributed by atoms with van der Waals surface area (Å²) in [7, 11) is 0. The van der Waals surface area contributed by atoms with Gasteiger partial charge in [0.2, 0.25) is 11.4 Å². The lowest BCUT2D eigenvalue weighted by molar-refractivity contribution is 0.0942. The predicted molar refractivity (Wildman–Crippen MR) is 59.5 cm³/mol. The fourth-order valence-corrected chi connectivity index (χ4v) is 1.31. The minimum absolute atomic E-state index is 0.184. The molecule has 0 aliphatic rings. The normalized spacial score (nSPS) is 10.2. The van der Waals surface area contributed by atoms with Crippen LogP contribution in [0.2, 0.25) is 0 Å². The van der Waals surface area contributed by atoms with Gasteiger partial charge in [0, 0.05) is 6.07 Å². The highest BCUT2D eigenvalue weighted by molar-refractivity contribution is 5.91. The van der Waals surface area contributed by atoms with Gasteiger partial charge in [-0.2, -0.15) is 0 Å². The molecule has 2 rings (SSSR count). The topological polar surface area (TPSA) is 88.0 Å². The molecule has 2 N–H and O–H groups in total. The zero-order valence-corrected chi connectivity index (χ0v) is 9.19. The predicted octanol–water partition coefficient (Wildman–Crippen LogP) is 0.601. The zero-order valence-electron chi connectivity index (χ0n) is 9.19. The molecule has 88 valence electrons. The maximum absolute atomic E-state index is 11.6.